The maximum absolute atomic E-state index is 5.68. The first-order valence-corrected chi connectivity index (χ1v) is 6.55. The largest absolute Gasteiger partial charge is 0.492 e. The Morgan fingerprint density at radius 3 is 3.00 bits per heavy atom. The van der Waals surface area contributed by atoms with Crippen molar-refractivity contribution in [3.63, 3.8) is 0 Å². The van der Waals surface area contributed by atoms with Crippen molar-refractivity contribution in [2.75, 3.05) is 6.61 Å². The Labute approximate surface area is 114 Å². The second-order valence-corrected chi connectivity index (χ2v) is 4.73. The van der Waals surface area contributed by atoms with Gasteiger partial charge in [-0.2, -0.15) is 0 Å². The van der Waals surface area contributed by atoms with Crippen LogP contribution in [0.1, 0.15) is 5.69 Å². The van der Waals surface area contributed by atoms with Gasteiger partial charge < -0.3 is 9.30 Å². The number of nitrogens with zero attached hydrogens (tertiary/aromatic N) is 2. The molecule has 0 fully saturated rings. The Morgan fingerprint density at radius 2 is 2.29 bits per heavy atom. The fraction of sp³-hybridized carbons (Fsp3) is 0.250. The summed E-state index contributed by atoms with van der Waals surface area (Å²) in [5, 5.41) is 0. The van der Waals surface area contributed by atoms with Crippen molar-refractivity contribution >= 4 is 27.5 Å². The van der Waals surface area contributed by atoms with E-state index >= 15 is 0 Å². The zero-order chi connectivity index (χ0) is 12.1. The molecule has 2 aromatic rings. The van der Waals surface area contributed by atoms with Crippen LogP contribution in [-0.4, -0.2) is 16.2 Å². The van der Waals surface area contributed by atoms with Gasteiger partial charge in [-0.05, 0) is 18.2 Å². The zero-order valence-corrected chi connectivity index (χ0v) is 11.5. The Bertz CT molecular complexity index is 487. The van der Waals surface area contributed by atoms with E-state index in [4.69, 9.17) is 16.3 Å². The average molecular weight is 316 g/mol. The monoisotopic (exact) mass is 314 g/mol. The van der Waals surface area contributed by atoms with Crippen molar-refractivity contribution in [1.29, 1.82) is 0 Å². The maximum atomic E-state index is 5.68. The van der Waals surface area contributed by atoms with Gasteiger partial charge >= 0.3 is 0 Å². The molecule has 0 unspecified atom stereocenters. The summed E-state index contributed by atoms with van der Waals surface area (Å²) in [5.41, 5.74) is 0.883. The minimum atomic E-state index is 0.444. The zero-order valence-electron chi connectivity index (χ0n) is 9.14. The van der Waals surface area contributed by atoms with Crippen LogP contribution in [-0.2, 0) is 12.4 Å². The molecule has 0 aliphatic carbocycles. The number of ether oxygens (including phenoxy) is 1. The van der Waals surface area contributed by atoms with Crippen molar-refractivity contribution in [1.82, 2.24) is 9.55 Å². The number of alkyl halides is 1. The summed E-state index contributed by atoms with van der Waals surface area (Å²) in [5.74, 6) is 1.30. The number of halogens is 2. The highest BCUT2D eigenvalue weighted by atomic mass is 79.9. The van der Waals surface area contributed by atoms with Crippen LogP contribution in [0.5, 0.6) is 5.75 Å². The standard InChI is InChI=1S/C12H12BrClN2O/c13-10-2-1-3-12(6-10)17-5-4-16-8-11(7-14)15-9-16/h1-3,6,8-9H,4-5,7H2. The molecule has 0 saturated carbocycles. The van der Waals surface area contributed by atoms with E-state index in [0.29, 0.717) is 12.5 Å². The number of imidazole rings is 1. The van der Waals surface area contributed by atoms with Crippen LogP contribution in [0.2, 0.25) is 0 Å². The topological polar surface area (TPSA) is 27.1 Å². The molecule has 1 heterocycles. The van der Waals surface area contributed by atoms with E-state index in [2.05, 4.69) is 20.9 Å². The van der Waals surface area contributed by atoms with Gasteiger partial charge in [0, 0.05) is 10.7 Å². The maximum Gasteiger partial charge on any atom is 0.120 e. The van der Waals surface area contributed by atoms with Gasteiger partial charge in [0.05, 0.1) is 24.4 Å². The predicted octanol–water partition coefficient (Wildman–Crippen LogP) is 3.46. The van der Waals surface area contributed by atoms with E-state index in [9.17, 15) is 0 Å². The van der Waals surface area contributed by atoms with Crippen LogP contribution >= 0.6 is 27.5 Å². The highest BCUT2D eigenvalue weighted by Gasteiger charge is 1.98. The lowest BCUT2D eigenvalue weighted by Crippen LogP contribution is -2.06. The van der Waals surface area contributed by atoms with E-state index in [1.165, 1.54) is 0 Å². The Kier molecular flexibility index (Phi) is 4.45. The molecule has 1 aromatic carbocycles. The highest BCUT2D eigenvalue weighted by Crippen LogP contribution is 2.17. The Balaban J connectivity index is 1.83. The van der Waals surface area contributed by atoms with E-state index in [0.717, 1.165) is 22.5 Å². The quantitative estimate of drug-likeness (QED) is 0.790. The van der Waals surface area contributed by atoms with Crippen LogP contribution in [0.15, 0.2) is 41.3 Å². The molecule has 2 rings (SSSR count). The van der Waals surface area contributed by atoms with Gasteiger partial charge in [0.2, 0.25) is 0 Å². The molecule has 3 nitrogen and oxygen atoms in total. The molecule has 0 aliphatic rings. The lowest BCUT2D eigenvalue weighted by Gasteiger charge is -2.06. The number of aromatic nitrogens is 2. The molecule has 1 aromatic heterocycles. The Hall–Kier alpha value is -1.00. The molecular formula is C12H12BrClN2O. The smallest absolute Gasteiger partial charge is 0.120 e. The third-order valence-corrected chi connectivity index (χ3v) is 3.01. The van der Waals surface area contributed by atoms with E-state index < -0.39 is 0 Å². The van der Waals surface area contributed by atoms with E-state index in [-0.39, 0.29) is 0 Å². The highest BCUT2D eigenvalue weighted by molar-refractivity contribution is 9.10. The van der Waals surface area contributed by atoms with Crippen LogP contribution in [0.4, 0.5) is 0 Å². The fourth-order valence-electron chi connectivity index (χ4n) is 1.42. The van der Waals surface area contributed by atoms with Gasteiger partial charge in [-0.15, -0.1) is 11.6 Å². The third-order valence-electron chi connectivity index (χ3n) is 2.24. The number of hydrogen-bond donors (Lipinski definition) is 0. The summed E-state index contributed by atoms with van der Waals surface area (Å²) in [6.45, 7) is 1.37. The summed E-state index contributed by atoms with van der Waals surface area (Å²) in [6, 6.07) is 7.79. The minimum Gasteiger partial charge on any atom is -0.492 e. The second kappa shape index (κ2) is 6.07. The number of hydrogen-bond acceptors (Lipinski definition) is 2. The fourth-order valence-corrected chi connectivity index (χ4v) is 1.94. The molecule has 0 radical (unpaired) electrons. The molecule has 0 spiro atoms. The van der Waals surface area contributed by atoms with Crippen molar-refractivity contribution in [2.24, 2.45) is 0 Å². The summed E-state index contributed by atoms with van der Waals surface area (Å²) in [7, 11) is 0. The minimum absolute atomic E-state index is 0.444. The molecule has 90 valence electrons. The molecule has 0 aliphatic heterocycles. The third kappa shape index (κ3) is 3.75. The first-order chi connectivity index (χ1) is 8.28. The van der Waals surface area contributed by atoms with Crippen molar-refractivity contribution in [3.8, 4) is 5.75 Å². The molecule has 0 N–H and O–H groups in total. The lowest BCUT2D eigenvalue weighted by molar-refractivity contribution is 0.298. The molecule has 17 heavy (non-hydrogen) atoms. The SMILES string of the molecule is ClCc1cn(CCOc2cccc(Br)c2)cn1. The normalized spacial score (nSPS) is 10.5. The Morgan fingerprint density at radius 1 is 1.41 bits per heavy atom. The van der Waals surface area contributed by atoms with Gasteiger partial charge in [0.15, 0.2) is 0 Å². The van der Waals surface area contributed by atoms with Gasteiger partial charge in [-0.3, -0.25) is 0 Å². The molecule has 0 amide bonds. The van der Waals surface area contributed by atoms with Gasteiger partial charge in [0.1, 0.15) is 12.4 Å². The average Bonchev–Trinajstić information content (AvgIpc) is 2.77. The second-order valence-electron chi connectivity index (χ2n) is 3.54. The summed E-state index contributed by atoms with van der Waals surface area (Å²) in [6.07, 6.45) is 3.69. The van der Waals surface area contributed by atoms with Crippen molar-refractivity contribution < 1.29 is 4.74 Å². The number of rotatable bonds is 5. The van der Waals surface area contributed by atoms with Crippen molar-refractivity contribution in [2.45, 2.75) is 12.4 Å². The first-order valence-electron chi connectivity index (χ1n) is 5.23. The van der Waals surface area contributed by atoms with Crippen LogP contribution in [0.25, 0.3) is 0 Å². The lowest BCUT2D eigenvalue weighted by atomic mass is 10.3. The van der Waals surface area contributed by atoms with E-state index in [1.807, 2.05) is 35.0 Å². The first kappa shape index (κ1) is 12.5. The van der Waals surface area contributed by atoms with Crippen LogP contribution in [0, 0.1) is 0 Å². The number of benzene rings is 1. The van der Waals surface area contributed by atoms with Gasteiger partial charge in [0.25, 0.3) is 0 Å². The predicted molar refractivity (Wildman–Crippen MR) is 71.4 cm³/mol. The van der Waals surface area contributed by atoms with Crippen LogP contribution < -0.4 is 4.74 Å². The van der Waals surface area contributed by atoms with Gasteiger partial charge in [-0.25, -0.2) is 4.98 Å². The molecule has 0 atom stereocenters. The molecule has 0 bridgehead atoms. The summed E-state index contributed by atoms with van der Waals surface area (Å²) < 4.78 is 8.61. The molecule has 5 heteroatoms. The van der Waals surface area contributed by atoms with Crippen molar-refractivity contribution in [3.05, 3.63) is 47.0 Å². The summed E-state index contributed by atoms with van der Waals surface area (Å²) in [4.78, 5) is 4.14. The molecular weight excluding hydrogens is 304 g/mol. The van der Waals surface area contributed by atoms with Crippen LogP contribution in [0.3, 0.4) is 0 Å². The molecule has 0 saturated heterocycles. The van der Waals surface area contributed by atoms with E-state index in [1.54, 1.807) is 6.33 Å². The van der Waals surface area contributed by atoms with Gasteiger partial charge in [-0.1, -0.05) is 22.0 Å². The summed E-state index contributed by atoms with van der Waals surface area (Å²) >= 11 is 9.08.